The Morgan fingerprint density at radius 1 is 1.43 bits per heavy atom. The highest BCUT2D eigenvalue weighted by atomic mass is 35.5. The molecule has 23 heavy (non-hydrogen) atoms. The van der Waals surface area contributed by atoms with E-state index >= 15 is 0 Å². The van der Waals surface area contributed by atoms with Crippen molar-refractivity contribution in [3.63, 3.8) is 0 Å². The fourth-order valence-corrected chi connectivity index (χ4v) is 3.13. The monoisotopic (exact) mass is 334 g/mol. The Morgan fingerprint density at radius 3 is 2.91 bits per heavy atom. The Hall–Kier alpha value is -2.41. The molecule has 7 nitrogen and oxygen atoms in total. The number of nitrogens with zero attached hydrogens (tertiary/aromatic N) is 3. The highest BCUT2D eigenvalue weighted by Gasteiger charge is 2.27. The number of non-ortho nitro benzene ring substituents is 1. The van der Waals surface area contributed by atoms with E-state index in [-0.39, 0.29) is 22.5 Å². The van der Waals surface area contributed by atoms with Crippen LogP contribution >= 0.6 is 11.6 Å². The zero-order valence-electron chi connectivity index (χ0n) is 12.2. The minimum Gasteiger partial charge on any atom is -0.338 e. The first kappa shape index (κ1) is 15.5. The molecule has 1 aromatic heterocycles. The molecule has 1 saturated heterocycles. The predicted octanol–water partition coefficient (Wildman–Crippen LogP) is 2.99. The number of likely N-dealkylation sites (tertiary alicyclic amines) is 1. The van der Waals surface area contributed by atoms with Crippen LogP contribution in [0, 0.1) is 10.1 Å². The van der Waals surface area contributed by atoms with E-state index in [1.165, 1.54) is 18.2 Å². The Kier molecular flexibility index (Phi) is 4.29. The quantitative estimate of drug-likeness (QED) is 0.689. The third-order valence-corrected chi connectivity index (χ3v) is 4.38. The van der Waals surface area contributed by atoms with Gasteiger partial charge in [-0.1, -0.05) is 11.6 Å². The van der Waals surface area contributed by atoms with Gasteiger partial charge in [-0.25, -0.2) is 0 Å². The minimum atomic E-state index is -0.532. The van der Waals surface area contributed by atoms with E-state index < -0.39 is 4.92 Å². The van der Waals surface area contributed by atoms with Gasteiger partial charge in [-0.3, -0.25) is 20.0 Å². The fourth-order valence-electron chi connectivity index (χ4n) is 2.87. The zero-order valence-corrected chi connectivity index (χ0v) is 13.0. The number of nitro benzene ring substituents is 1. The van der Waals surface area contributed by atoms with Gasteiger partial charge in [0.15, 0.2) is 0 Å². The topological polar surface area (TPSA) is 92.1 Å². The standard InChI is InChI=1S/C15H15ClN4O3/c16-13-8-11(20(22)23)3-4-12(13)15(21)19-7-1-2-10(9-19)14-5-6-17-18-14/h3-6,8,10H,1-2,7,9H2,(H,17,18)/t10-/m1/s1. The van der Waals surface area contributed by atoms with Crippen LogP contribution in [0.4, 0.5) is 5.69 Å². The van der Waals surface area contributed by atoms with Crippen molar-refractivity contribution in [3.8, 4) is 0 Å². The number of amides is 1. The van der Waals surface area contributed by atoms with Crippen LogP contribution < -0.4 is 0 Å². The van der Waals surface area contributed by atoms with Gasteiger partial charge < -0.3 is 4.90 Å². The highest BCUT2D eigenvalue weighted by molar-refractivity contribution is 6.34. The third-order valence-electron chi connectivity index (χ3n) is 4.06. The Morgan fingerprint density at radius 2 is 2.26 bits per heavy atom. The van der Waals surface area contributed by atoms with E-state index in [4.69, 9.17) is 11.6 Å². The number of aromatic amines is 1. The van der Waals surface area contributed by atoms with Gasteiger partial charge in [0.1, 0.15) is 0 Å². The molecule has 0 aliphatic carbocycles. The van der Waals surface area contributed by atoms with Gasteiger partial charge >= 0.3 is 0 Å². The minimum absolute atomic E-state index is 0.105. The zero-order chi connectivity index (χ0) is 16.4. The summed E-state index contributed by atoms with van der Waals surface area (Å²) in [5.74, 6) is 0.0149. The van der Waals surface area contributed by atoms with Crippen LogP contribution in [-0.4, -0.2) is 39.0 Å². The van der Waals surface area contributed by atoms with Crippen molar-refractivity contribution in [2.45, 2.75) is 18.8 Å². The van der Waals surface area contributed by atoms with Crippen LogP contribution in [0.2, 0.25) is 5.02 Å². The summed E-state index contributed by atoms with van der Waals surface area (Å²) in [4.78, 5) is 24.6. The molecular weight excluding hydrogens is 320 g/mol. The molecule has 2 aromatic rings. The summed E-state index contributed by atoms with van der Waals surface area (Å²) >= 11 is 6.06. The molecule has 1 N–H and O–H groups in total. The number of H-pyrrole nitrogens is 1. The lowest BCUT2D eigenvalue weighted by Crippen LogP contribution is -2.39. The maximum absolute atomic E-state index is 12.7. The molecular formula is C15H15ClN4O3. The van der Waals surface area contributed by atoms with Gasteiger partial charge in [0.25, 0.3) is 11.6 Å². The molecule has 1 atom stereocenters. The number of carbonyl (C=O) groups is 1. The first-order chi connectivity index (χ1) is 11.1. The first-order valence-electron chi connectivity index (χ1n) is 7.28. The van der Waals surface area contributed by atoms with Gasteiger partial charge in [-0.05, 0) is 25.0 Å². The van der Waals surface area contributed by atoms with E-state index in [2.05, 4.69) is 10.2 Å². The smallest absolute Gasteiger partial charge is 0.270 e. The highest BCUT2D eigenvalue weighted by Crippen LogP contribution is 2.29. The molecule has 1 amide bonds. The summed E-state index contributed by atoms with van der Waals surface area (Å²) < 4.78 is 0. The van der Waals surface area contributed by atoms with E-state index in [0.29, 0.717) is 18.7 Å². The molecule has 120 valence electrons. The number of aromatic nitrogens is 2. The van der Waals surface area contributed by atoms with E-state index in [1.807, 2.05) is 6.07 Å². The van der Waals surface area contributed by atoms with Crippen LogP contribution in [0.5, 0.6) is 0 Å². The second-order valence-electron chi connectivity index (χ2n) is 5.52. The van der Waals surface area contributed by atoms with Crippen molar-refractivity contribution in [2.75, 3.05) is 13.1 Å². The summed E-state index contributed by atoms with van der Waals surface area (Å²) in [6, 6.07) is 5.85. The maximum Gasteiger partial charge on any atom is 0.270 e. The first-order valence-corrected chi connectivity index (χ1v) is 7.66. The number of halogens is 1. The molecule has 0 radical (unpaired) electrons. The molecule has 1 aliphatic rings. The fraction of sp³-hybridized carbons (Fsp3) is 0.333. The van der Waals surface area contributed by atoms with Crippen molar-refractivity contribution in [3.05, 3.63) is 56.9 Å². The second-order valence-corrected chi connectivity index (χ2v) is 5.93. The Labute approximate surface area is 137 Å². The van der Waals surface area contributed by atoms with Gasteiger partial charge in [0.05, 0.1) is 15.5 Å². The number of carbonyl (C=O) groups excluding carboxylic acids is 1. The lowest BCUT2D eigenvalue weighted by Gasteiger charge is -2.32. The molecule has 1 aliphatic heterocycles. The van der Waals surface area contributed by atoms with Gasteiger partial charge in [0, 0.05) is 43.0 Å². The number of benzene rings is 1. The SMILES string of the molecule is O=C(c1ccc([N+](=O)[O-])cc1Cl)N1CCC[C@@H](c2ccn[nH]2)C1. The number of piperidine rings is 1. The molecule has 0 bridgehead atoms. The number of nitrogens with one attached hydrogen (secondary N) is 1. The maximum atomic E-state index is 12.7. The van der Waals surface area contributed by atoms with E-state index in [0.717, 1.165) is 18.5 Å². The lowest BCUT2D eigenvalue weighted by atomic mass is 9.94. The van der Waals surface area contributed by atoms with Gasteiger partial charge in [-0.15, -0.1) is 0 Å². The number of hydrogen-bond donors (Lipinski definition) is 1. The van der Waals surface area contributed by atoms with Crippen LogP contribution in [0.15, 0.2) is 30.5 Å². The van der Waals surface area contributed by atoms with Crippen LogP contribution in [-0.2, 0) is 0 Å². The van der Waals surface area contributed by atoms with Gasteiger partial charge in [-0.2, -0.15) is 5.10 Å². The molecule has 1 fully saturated rings. The second kappa shape index (κ2) is 6.37. The summed E-state index contributed by atoms with van der Waals surface area (Å²) in [5, 5.41) is 17.8. The van der Waals surface area contributed by atoms with Crippen molar-refractivity contribution in [2.24, 2.45) is 0 Å². The average molecular weight is 335 g/mol. The third kappa shape index (κ3) is 3.19. The van der Waals surface area contributed by atoms with Crippen molar-refractivity contribution in [1.82, 2.24) is 15.1 Å². The molecule has 0 unspecified atom stereocenters. The summed E-state index contributed by atoms with van der Waals surface area (Å²) in [6.07, 6.45) is 3.57. The van der Waals surface area contributed by atoms with Crippen LogP contribution in [0.25, 0.3) is 0 Å². The molecule has 8 heteroatoms. The molecule has 1 aromatic carbocycles. The van der Waals surface area contributed by atoms with Crippen LogP contribution in [0.1, 0.15) is 34.8 Å². The molecule has 2 heterocycles. The van der Waals surface area contributed by atoms with Gasteiger partial charge in [0.2, 0.25) is 0 Å². The largest absolute Gasteiger partial charge is 0.338 e. The number of rotatable bonds is 3. The summed E-state index contributed by atoms with van der Waals surface area (Å²) in [7, 11) is 0. The normalized spacial score (nSPS) is 18.0. The Bertz CT molecular complexity index is 732. The van der Waals surface area contributed by atoms with Crippen molar-refractivity contribution < 1.29 is 9.72 Å². The number of hydrogen-bond acceptors (Lipinski definition) is 4. The molecule has 3 rings (SSSR count). The number of nitro groups is 1. The van der Waals surface area contributed by atoms with E-state index in [9.17, 15) is 14.9 Å². The average Bonchev–Trinajstić information content (AvgIpc) is 3.08. The lowest BCUT2D eigenvalue weighted by molar-refractivity contribution is -0.384. The predicted molar refractivity (Wildman–Crippen MR) is 84.6 cm³/mol. The van der Waals surface area contributed by atoms with Crippen molar-refractivity contribution in [1.29, 1.82) is 0 Å². The molecule has 0 spiro atoms. The molecule has 0 saturated carbocycles. The van der Waals surface area contributed by atoms with Crippen molar-refractivity contribution >= 4 is 23.2 Å². The Balaban J connectivity index is 1.78. The summed E-state index contributed by atoms with van der Waals surface area (Å²) in [5.41, 5.74) is 1.18. The van der Waals surface area contributed by atoms with Crippen LogP contribution in [0.3, 0.4) is 0 Å². The van der Waals surface area contributed by atoms with E-state index in [1.54, 1.807) is 11.1 Å². The summed E-state index contributed by atoms with van der Waals surface area (Å²) in [6.45, 7) is 1.23.